The van der Waals surface area contributed by atoms with Gasteiger partial charge in [0.1, 0.15) is 5.82 Å². The molecule has 0 heterocycles. The molecule has 0 bridgehead atoms. The molecule has 0 saturated heterocycles. The topological polar surface area (TPSA) is 39.1 Å². The molecule has 0 spiro atoms. The van der Waals surface area contributed by atoms with Gasteiger partial charge in [0.05, 0.1) is 12.1 Å². The van der Waals surface area contributed by atoms with Crippen LogP contribution in [-0.2, 0) is 0 Å². The smallest absolute Gasteiger partial charge is 0.123 e. The summed E-state index contributed by atoms with van der Waals surface area (Å²) in [5.74, 6) is -0.232. The third kappa shape index (κ3) is 4.41. The molecule has 1 unspecified atom stereocenters. The molecule has 0 aliphatic carbocycles. The Hall–Kier alpha value is -1.60. The van der Waals surface area contributed by atoms with Crippen molar-refractivity contribution in [1.29, 1.82) is 5.26 Å². The Morgan fingerprint density at radius 1 is 1.41 bits per heavy atom. The second-order valence-corrected chi connectivity index (χ2v) is 3.93. The van der Waals surface area contributed by atoms with Crippen LogP contribution in [0.1, 0.15) is 13.3 Å². The number of nitriles is 1. The number of hydrogen-bond donors (Lipinski definition) is 1. The molecule has 1 aromatic rings. The zero-order chi connectivity index (χ0) is 12.7. The lowest BCUT2D eigenvalue weighted by Gasteiger charge is -2.20. The van der Waals surface area contributed by atoms with Crippen LogP contribution in [0.5, 0.6) is 0 Å². The van der Waals surface area contributed by atoms with Crippen molar-refractivity contribution >= 4 is 5.69 Å². The van der Waals surface area contributed by atoms with E-state index >= 15 is 0 Å². The number of hydrogen-bond acceptors (Lipinski definition) is 3. The second-order valence-electron chi connectivity index (χ2n) is 3.93. The van der Waals surface area contributed by atoms with Gasteiger partial charge in [0.15, 0.2) is 0 Å². The van der Waals surface area contributed by atoms with Gasteiger partial charge in [0.2, 0.25) is 0 Å². The first kappa shape index (κ1) is 13.5. The van der Waals surface area contributed by atoms with Gasteiger partial charge in [-0.15, -0.1) is 0 Å². The van der Waals surface area contributed by atoms with Gasteiger partial charge in [-0.25, -0.2) is 4.39 Å². The average molecular weight is 235 g/mol. The minimum Gasteiger partial charge on any atom is -0.374 e. The molecule has 0 aromatic heterocycles. The summed E-state index contributed by atoms with van der Waals surface area (Å²) >= 11 is 0. The highest BCUT2D eigenvalue weighted by molar-refractivity contribution is 5.45. The Bertz CT molecular complexity index is 369. The van der Waals surface area contributed by atoms with E-state index < -0.39 is 0 Å². The predicted molar refractivity (Wildman–Crippen MR) is 67.4 cm³/mol. The molecule has 0 aliphatic heterocycles. The van der Waals surface area contributed by atoms with E-state index in [1.54, 1.807) is 12.1 Å². The number of nitrogens with one attached hydrogen (secondary N) is 1. The maximum atomic E-state index is 12.7. The number of benzene rings is 1. The summed E-state index contributed by atoms with van der Waals surface area (Å²) in [5.41, 5.74) is 0.958. The van der Waals surface area contributed by atoms with Crippen LogP contribution in [0.4, 0.5) is 10.1 Å². The van der Waals surface area contributed by atoms with Gasteiger partial charge in [0, 0.05) is 19.3 Å². The number of nitrogens with zero attached hydrogens (tertiary/aromatic N) is 2. The van der Waals surface area contributed by atoms with Gasteiger partial charge < -0.3 is 10.2 Å². The van der Waals surface area contributed by atoms with Gasteiger partial charge >= 0.3 is 0 Å². The highest BCUT2D eigenvalue weighted by Crippen LogP contribution is 2.13. The van der Waals surface area contributed by atoms with Crippen molar-refractivity contribution in [2.45, 2.75) is 19.4 Å². The standard InChI is InChI=1S/C13H18FN3/c1-3-16-12(10-15)8-9-17(2)13-6-4-11(14)5-7-13/h4-7,12,16H,3,8-9H2,1-2H3. The first-order chi connectivity index (χ1) is 8.17. The van der Waals surface area contributed by atoms with Crippen LogP contribution in [0.3, 0.4) is 0 Å². The maximum Gasteiger partial charge on any atom is 0.123 e. The summed E-state index contributed by atoms with van der Waals surface area (Å²) in [4.78, 5) is 2.02. The molecular weight excluding hydrogens is 217 g/mol. The molecular formula is C13H18FN3. The van der Waals surface area contributed by atoms with Gasteiger partial charge in [-0.3, -0.25) is 0 Å². The molecule has 1 rings (SSSR count). The van der Waals surface area contributed by atoms with Gasteiger partial charge in [-0.1, -0.05) is 6.92 Å². The number of rotatable bonds is 6. The Kier molecular flexibility index (Phi) is 5.44. The average Bonchev–Trinajstić information content (AvgIpc) is 2.35. The second kappa shape index (κ2) is 6.87. The summed E-state index contributed by atoms with van der Waals surface area (Å²) in [6.07, 6.45) is 0.748. The van der Waals surface area contributed by atoms with Crippen molar-refractivity contribution in [3.8, 4) is 6.07 Å². The van der Waals surface area contributed by atoms with Crippen LogP contribution in [0.15, 0.2) is 24.3 Å². The van der Waals surface area contributed by atoms with Crippen molar-refractivity contribution in [2.24, 2.45) is 0 Å². The largest absolute Gasteiger partial charge is 0.374 e. The third-order valence-electron chi connectivity index (χ3n) is 2.63. The van der Waals surface area contributed by atoms with E-state index in [0.29, 0.717) is 0 Å². The first-order valence-electron chi connectivity index (χ1n) is 5.77. The zero-order valence-electron chi connectivity index (χ0n) is 10.3. The van der Waals surface area contributed by atoms with Crippen molar-refractivity contribution in [2.75, 3.05) is 25.0 Å². The normalized spacial score (nSPS) is 11.9. The number of anilines is 1. The summed E-state index contributed by atoms with van der Waals surface area (Å²) in [6.45, 7) is 3.53. The summed E-state index contributed by atoms with van der Waals surface area (Å²) in [5, 5.41) is 12.0. The molecule has 1 N–H and O–H groups in total. The lowest BCUT2D eigenvalue weighted by atomic mass is 10.2. The fraction of sp³-hybridized carbons (Fsp3) is 0.462. The van der Waals surface area contributed by atoms with Crippen molar-refractivity contribution < 1.29 is 4.39 Å². The fourth-order valence-corrected chi connectivity index (χ4v) is 1.61. The van der Waals surface area contributed by atoms with E-state index in [2.05, 4.69) is 11.4 Å². The van der Waals surface area contributed by atoms with E-state index in [0.717, 1.165) is 25.2 Å². The molecule has 0 radical (unpaired) electrons. The van der Waals surface area contributed by atoms with Crippen molar-refractivity contribution in [3.05, 3.63) is 30.1 Å². The van der Waals surface area contributed by atoms with Gasteiger partial charge in [0.25, 0.3) is 0 Å². The molecule has 0 aliphatic rings. The van der Waals surface area contributed by atoms with E-state index in [-0.39, 0.29) is 11.9 Å². The minimum atomic E-state index is -0.232. The molecule has 1 aromatic carbocycles. The molecule has 3 nitrogen and oxygen atoms in total. The molecule has 0 fully saturated rings. The fourth-order valence-electron chi connectivity index (χ4n) is 1.61. The minimum absolute atomic E-state index is 0.122. The summed E-state index contributed by atoms with van der Waals surface area (Å²) in [7, 11) is 1.94. The highest BCUT2D eigenvalue weighted by Gasteiger charge is 2.07. The molecule has 4 heteroatoms. The summed E-state index contributed by atoms with van der Waals surface area (Å²) in [6, 6.07) is 8.46. The highest BCUT2D eigenvalue weighted by atomic mass is 19.1. The van der Waals surface area contributed by atoms with Crippen LogP contribution >= 0.6 is 0 Å². The Morgan fingerprint density at radius 2 is 2.06 bits per heavy atom. The van der Waals surface area contributed by atoms with Crippen LogP contribution in [0, 0.1) is 17.1 Å². The monoisotopic (exact) mass is 235 g/mol. The molecule has 17 heavy (non-hydrogen) atoms. The lowest BCUT2D eigenvalue weighted by Crippen LogP contribution is -2.31. The van der Waals surface area contributed by atoms with Crippen LogP contribution in [0.2, 0.25) is 0 Å². The predicted octanol–water partition coefficient (Wildman–Crippen LogP) is 2.15. The molecule has 1 atom stereocenters. The summed E-state index contributed by atoms with van der Waals surface area (Å²) < 4.78 is 12.7. The molecule has 0 saturated carbocycles. The van der Waals surface area contributed by atoms with E-state index in [1.165, 1.54) is 12.1 Å². The maximum absolute atomic E-state index is 12.7. The zero-order valence-corrected chi connectivity index (χ0v) is 10.3. The van der Waals surface area contributed by atoms with E-state index in [1.807, 2.05) is 18.9 Å². The van der Waals surface area contributed by atoms with Gasteiger partial charge in [-0.2, -0.15) is 5.26 Å². The quantitative estimate of drug-likeness (QED) is 0.821. The Morgan fingerprint density at radius 3 is 2.59 bits per heavy atom. The Labute approximate surface area is 102 Å². The van der Waals surface area contributed by atoms with E-state index in [9.17, 15) is 4.39 Å². The van der Waals surface area contributed by atoms with Crippen molar-refractivity contribution in [1.82, 2.24) is 5.32 Å². The molecule has 0 amide bonds. The van der Waals surface area contributed by atoms with Crippen LogP contribution in [-0.4, -0.2) is 26.2 Å². The molecule has 92 valence electrons. The third-order valence-corrected chi connectivity index (χ3v) is 2.63. The van der Waals surface area contributed by atoms with E-state index in [4.69, 9.17) is 5.26 Å². The van der Waals surface area contributed by atoms with Crippen molar-refractivity contribution in [3.63, 3.8) is 0 Å². The van der Waals surface area contributed by atoms with Crippen LogP contribution < -0.4 is 10.2 Å². The SMILES string of the molecule is CCNC(C#N)CCN(C)c1ccc(F)cc1. The lowest BCUT2D eigenvalue weighted by molar-refractivity contribution is 0.582. The van der Waals surface area contributed by atoms with Crippen LogP contribution in [0.25, 0.3) is 0 Å². The first-order valence-corrected chi connectivity index (χ1v) is 5.77. The number of halogens is 1. The van der Waals surface area contributed by atoms with Gasteiger partial charge in [-0.05, 0) is 37.2 Å². The Balaban J connectivity index is 2.46.